The minimum atomic E-state index is -0.590. The number of fused-ring (bicyclic) bond motifs is 1. The highest BCUT2D eigenvalue weighted by atomic mass is 32.1. The molecule has 98 valence electrons. The topological polar surface area (TPSA) is 58.7 Å². The Hall–Kier alpha value is -2.52. The minimum absolute atomic E-state index is 0.0271. The van der Waals surface area contributed by atoms with E-state index < -0.39 is 5.82 Å². The van der Waals surface area contributed by atoms with Crippen LogP contribution < -0.4 is 5.56 Å². The molecule has 3 aromatic rings. The predicted molar refractivity (Wildman–Crippen MR) is 74.1 cm³/mol. The lowest BCUT2D eigenvalue weighted by molar-refractivity contribution is 0.592. The average Bonchev–Trinajstić information content (AvgIpc) is 2.93. The number of thiophene rings is 1. The summed E-state index contributed by atoms with van der Waals surface area (Å²) < 4.78 is 15.9. The molecule has 0 unspecified atom stereocenters. The van der Waals surface area contributed by atoms with Gasteiger partial charge in [0.1, 0.15) is 16.6 Å². The number of nitriles is 1. The van der Waals surface area contributed by atoms with E-state index in [1.807, 2.05) is 0 Å². The molecule has 0 saturated heterocycles. The molecule has 2 aromatic heterocycles. The fourth-order valence-corrected chi connectivity index (χ4v) is 2.76. The van der Waals surface area contributed by atoms with E-state index in [9.17, 15) is 9.18 Å². The molecule has 4 nitrogen and oxygen atoms in total. The maximum absolute atomic E-state index is 14.0. The molecule has 0 N–H and O–H groups in total. The molecule has 2 heterocycles. The number of nitrogens with zero attached hydrogens (tertiary/aromatic N) is 3. The van der Waals surface area contributed by atoms with E-state index >= 15 is 0 Å². The van der Waals surface area contributed by atoms with Crippen molar-refractivity contribution in [3.05, 3.63) is 63.3 Å². The molecular formula is C14H8FN3OS. The molecule has 0 spiro atoms. The summed E-state index contributed by atoms with van der Waals surface area (Å²) in [6.45, 7) is 0.0566. The molecule has 0 atom stereocenters. The third-order valence-corrected chi connectivity index (χ3v) is 3.87. The normalized spacial score (nSPS) is 10.6. The van der Waals surface area contributed by atoms with Crippen molar-refractivity contribution in [3.8, 4) is 6.07 Å². The third kappa shape index (κ3) is 1.98. The van der Waals surface area contributed by atoms with Gasteiger partial charge in [-0.2, -0.15) is 5.26 Å². The molecule has 20 heavy (non-hydrogen) atoms. The van der Waals surface area contributed by atoms with Gasteiger partial charge >= 0.3 is 0 Å². The molecular weight excluding hydrogens is 277 g/mol. The van der Waals surface area contributed by atoms with Crippen molar-refractivity contribution in [2.24, 2.45) is 0 Å². The smallest absolute Gasteiger partial charge is 0.271 e. The first-order valence-corrected chi connectivity index (χ1v) is 6.69. The molecule has 6 heteroatoms. The summed E-state index contributed by atoms with van der Waals surface area (Å²) in [7, 11) is 0. The van der Waals surface area contributed by atoms with Gasteiger partial charge in [0, 0.05) is 5.56 Å². The number of rotatable bonds is 2. The van der Waals surface area contributed by atoms with Gasteiger partial charge in [0.15, 0.2) is 0 Å². The van der Waals surface area contributed by atoms with Crippen LogP contribution in [-0.4, -0.2) is 9.55 Å². The number of halogens is 1. The Labute approximate surface area is 117 Å². The van der Waals surface area contributed by atoms with Crippen molar-refractivity contribution < 1.29 is 4.39 Å². The Balaban J connectivity index is 2.08. The van der Waals surface area contributed by atoms with E-state index in [-0.39, 0.29) is 17.7 Å². The minimum Gasteiger partial charge on any atom is -0.293 e. The average molecular weight is 285 g/mol. The summed E-state index contributed by atoms with van der Waals surface area (Å²) in [6, 6.07) is 8.11. The van der Waals surface area contributed by atoms with Gasteiger partial charge in [-0.05, 0) is 17.5 Å². The van der Waals surface area contributed by atoms with Gasteiger partial charge in [0.05, 0.1) is 24.0 Å². The lowest BCUT2D eigenvalue weighted by Crippen LogP contribution is -2.20. The standard InChI is InChI=1S/C14H8FN3OS/c15-12-9(6-16)2-1-3-10(12)7-18-8-17-11-4-5-20-13(11)14(18)19/h1-5,8H,7H2. The van der Waals surface area contributed by atoms with Gasteiger partial charge in [0.25, 0.3) is 5.56 Å². The monoisotopic (exact) mass is 285 g/mol. The Morgan fingerprint density at radius 3 is 3.05 bits per heavy atom. The lowest BCUT2D eigenvalue weighted by Gasteiger charge is -2.07. The van der Waals surface area contributed by atoms with Crippen molar-refractivity contribution >= 4 is 21.6 Å². The van der Waals surface area contributed by atoms with E-state index in [1.165, 1.54) is 28.3 Å². The largest absolute Gasteiger partial charge is 0.293 e. The number of hydrogen-bond acceptors (Lipinski definition) is 4. The van der Waals surface area contributed by atoms with Crippen LogP contribution in [0.5, 0.6) is 0 Å². The SMILES string of the molecule is N#Cc1cccc(Cn2cnc3ccsc3c2=O)c1F. The third-order valence-electron chi connectivity index (χ3n) is 2.98. The van der Waals surface area contributed by atoms with Crippen LogP contribution in [0.1, 0.15) is 11.1 Å². The fourth-order valence-electron chi connectivity index (χ4n) is 1.96. The zero-order chi connectivity index (χ0) is 14.1. The van der Waals surface area contributed by atoms with Gasteiger partial charge in [-0.15, -0.1) is 11.3 Å². The van der Waals surface area contributed by atoms with E-state index in [1.54, 1.807) is 29.6 Å². The molecule has 0 saturated carbocycles. The summed E-state index contributed by atoms with van der Waals surface area (Å²) in [6.07, 6.45) is 1.40. The number of benzene rings is 1. The zero-order valence-corrected chi connectivity index (χ0v) is 11.0. The summed E-state index contributed by atoms with van der Waals surface area (Å²) in [4.78, 5) is 16.4. The van der Waals surface area contributed by atoms with E-state index in [2.05, 4.69) is 4.98 Å². The maximum atomic E-state index is 14.0. The van der Waals surface area contributed by atoms with Crippen molar-refractivity contribution in [1.82, 2.24) is 9.55 Å². The van der Waals surface area contributed by atoms with E-state index in [0.29, 0.717) is 15.8 Å². The van der Waals surface area contributed by atoms with Crippen LogP contribution in [0.4, 0.5) is 4.39 Å². The highest BCUT2D eigenvalue weighted by Crippen LogP contribution is 2.15. The molecule has 1 aromatic carbocycles. The highest BCUT2D eigenvalue weighted by Gasteiger charge is 2.10. The van der Waals surface area contributed by atoms with Crippen LogP contribution in [0.2, 0.25) is 0 Å². The van der Waals surface area contributed by atoms with Gasteiger partial charge in [0.2, 0.25) is 0 Å². The summed E-state index contributed by atoms with van der Waals surface area (Å²) in [5, 5.41) is 10.6. The Kier molecular flexibility index (Phi) is 3.05. The second-order valence-electron chi connectivity index (χ2n) is 4.20. The number of aromatic nitrogens is 2. The molecule has 0 aliphatic heterocycles. The zero-order valence-electron chi connectivity index (χ0n) is 10.2. The van der Waals surface area contributed by atoms with Crippen molar-refractivity contribution in [2.75, 3.05) is 0 Å². The second-order valence-corrected chi connectivity index (χ2v) is 5.12. The summed E-state index contributed by atoms with van der Waals surface area (Å²) >= 11 is 1.31. The van der Waals surface area contributed by atoms with Crippen molar-refractivity contribution in [2.45, 2.75) is 6.54 Å². The first-order valence-electron chi connectivity index (χ1n) is 5.81. The van der Waals surface area contributed by atoms with Crippen LogP contribution >= 0.6 is 11.3 Å². The maximum Gasteiger partial charge on any atom is 0.271 e. The second kappa shape index (κ2) is 4.87. The molecule has 3 rings (SSSR count). The van der Waals surface area contributed by atoms with Crippen molar-refractivity contribution in [3.63, 3.8) is 0 Å². The molecule has 0 aliphatic carbocycles. The first-order chi connectivity index (χ1) is 9.70. The van der Waals surface area contributed by atoms with Gasteiger partial charge < -0.3 is 0 Å². The van der Waals surface area contributed by atoms with Gasteiger partial charge in [-0.1, -0.05) is 12.1 Å². The fraction of sp³-hybridized carbons (Fsp3) is 0.0714. The Bertz CT molecular complexity index is 891. The van der Waals surface area contributed by atoms with E-state index in [4.69, 9.17) is 5.26 Å². The van der Waals surface area contributed by atoms with Crippen LogP contribution in [0.25, 0.3) is 10.2 Å². The molecule has 0 bridgehead atoms. The molecule has 0 radical (unpaired) electrons. The molecule has 0 fully saturated rings. The predicted octanol–water partition coefficient (Wildman–Crippen LogP) is 2.52. The lowest BCUT2D eigenvalue weighted by atomic mass is 10.1. The van der Waals surface area contributed by atoms with Gasteiger partial charge in [-0.3, -0.25) is 9.36 Å². The quantitative estimate of drug-likeness (QED) is 0.727. The molecule has 0 amide bonds. The molecule has 0 aliphatic rings. The highest BCUT2D eigenvalue weighted by molar-refractivity contribution is 7.17. The Morgan fingerprint density at radius 2 is 2.25 bits per heavy atom. The number of hydrogen-bond donors (Lipinski definition) is 0. The Morgan fingerprint density at radius 1 is 1.40 bits per heavy atom. The van der Waals surface area contributed by atoms with Crippen LogP contribution in [0.3, 0.4) is 0 Å². The van der Waals surface area contributed by atoms with Crippen LogP contribution in [-0.2, 0) is 6.54 Å². The van der Waals surface area contributed by atoms with Gasteiger partial charge in [-0.25, -0.2) is 9.37 Å². The van der Waals surface area contributed by atoms with Crippen LogP contribution in [0, 0.1) is 17.1 Å². The summed E-state index contributed by atoms with van der Waals surface area (Å²) in [5.74, 6) is -0.590. The van der Waals surface area contributed by atoms with Crippen LogP contribution in [0.15, 0.2) is 40.8 Å². The van der Waals surface area contributed by atoms with E-state index in [0.717, 1.165) is 0 Å². The summed E-state index contributed by atoms with van der Waals surface area (Å²) in [5.41, 5.74) is 0.707. The first kappa shape index (κ1) is 12.5. The van der Waals surface area contributed by atoms with Crippen molar-refractivity contribution in [1.29, 1.82) is 5.26 Å².